The van der Waals surface area contributed by atoms with Crippen LogP contribution in [0.3, 0.4) is 0 Å². The molecular formula is C24H31N5O4S. The number of fused-ring (bicyclic) bond motifs is 3. The van der Waals surface area contributed by atoms with Gasteiger partial charge in [-0.05, 0) is 50.2 Å². The quantitative estimate of drug-likeness (QED) is 0.508. The highest BCUT2D eigenvalue weighted by atomic mass is 32.2. The van der Waals surface area contributed by atoms with Crippen molar-refractivity contribution in [2.75, 3.05) is 6.54 Å². The molecule has 1 aromatic carbocycles. The molecule has 2 aromatic heterocycles. The zero-order valence-corrected chi connectivity index (χ0v) is 20.7. The van der Waals surface area contributed by atoms with E-state index in [1.807, 2.05) is 13.0 Å². The molecule has 2 unspecified atom stereocenters. The van der Waals surface area contributed by atoms with Crippen LogP contribution in [-0.4, -0.2) is 57.6 Å². The van der Waals surface area contributed by atoms with Gasteiger partial charge in [0.25, 0.3) is 0 Å². The minimum absolute atomic E-state index is 0.0733. The van der Waals surface area contributed by atoms with Crippen LogP contribution in [0.25, 0.3) is 21.9 Å². The van der Waals surface area contributed by atoms with Crippen LogP contribution in [0, 0.1) is 5.41 Å². The monoisotopic (exact) mass is 485 g/mol. The Kier molecular flexibility index (Phi) is 5.18. The van der Waals surface area contributed by atoms with Crippen molar-refractivity contribution in [3.05, 3.63) is 30.2 Å². The summed E-state index contributed by atoms with van der Waals surface area (Å²) in [6, 6.07) is 4.97. The summed E-state index contributed by atoms with van der Waals surface area (Å²) in [6.07, 6.45) is 3.67. The zero-order valence-electron chi connectivity index (χ0n) is 19.9. The molecule has 3 N–H and O–H groups in total. The first-order chi connectivity index (χ1) is 15.9. The molecule has 182 valence electrons. The van der Waals surface area contributed by atoms with Gasteiger partial charge in [0.15, 0.2) is 0 Å². The number of H-pyrrole nitrogens is 1. The molecule has 0 radical (unpaired) electrons. The normalized spacial score (nSPS) is 22.9. The second kappa shape index (κ2) is 7.64. The highest BCUT2D eigenvalue weighted by Gasteiger charge is 2.42. The number of nitrogens with one attached hydrogen (secondary N) is 2. The molecule has 1 amide bonds. The van der Waals surface area contributed by atoms with E-state index in [0.29, 0.717) is 30.6 Å². The summed E-state index contributed by atoms with van der Waals surface area (Å²) in [5, 5.41) is 11.5. The van der Waals surface area contributed by atoms with Crippen LogP contribution in [0.5, 0.6) is 0 Å². The molecule has 9 nitrogen and oxygen atoms in total. The molecule has 10 heteroatoms. The lowest BCUT2D eigenvalue weighted by Gasteiger charge is -2.44. The number of hydrogen-bond acceptors (Lipinski definition) is 5. The van der Waals surface area contributed by atoms with Crippen molar-refractivity contribution in [3.63, 3.8) is 0 Å². The van der Waals surface area contributed by atoms with E-state index in [-0.39, 0.29) is 27.8 Å². The minimum Gasteiger partial charge on any atom is -0.465 e. The maximum atomic E-state index is 12.9. The first kappa shape index (κ1) is 23.0. The third-order valence-corrected chi connectivity index (χ3v) is 8.95. The molecule has 5 rings (SSSR count). The Balaban J connectivity index is 1.55. The van der Waals surface area contributed by atoms with Crippen LogP contribution in [0.1, 0.15) is 65.0 Å². The molecule has 3 aromatic rings. The Morgan fingerprint density at radius 2 is 2.00 bits per heavy atom. The van der Waals surface area contributed by atoms with E-state index in [0.717, 1.165) is 29.3 Å². The molecule has 34 heavy (non-hydrogen) atoms. The van der Waals surface area contributed by atoms with E-state index in [2.05, 4.69) is 40.4 Å². The number of piperidine rings is 1. The molecular weight excluding hydrogens is 454 g/mol. The molecule has 1 saturated carbocycles. The maximum absolute atomic E-state index is 12.9. The van der Waals surface area contributed by atoms with Gasteiger partial charge in [-0.2, -0.15) is 0 Å². The van der Waals surface area contributed by atoms with Gasteiger partial charge in [-0.15, -0.1) is 0 Å². The van der Waals surface area contributed by atoms with Crippen LogP contribution in [0.15, 0.2) is 29.4 Å². The van der Waals surface area contributed by atoms with Crippen LogP contribution >= 0.6 is 0 Å². The molecule has 1 aliphatic heterocycles. The number of carbonyl (C=O) groups is 1. The van der Waals surface area contributed by atoms with E-state index in [1.54, 1.807) is 17.0 Å². The lowest BCUT2D eigenvalue weighted by atomic mass is 9.76. The van der Waals surface area contributed by atoms with Crippen molar-refractivity contribution in [3.8, 4) is 0 Å². The maximum Gasteiger partial charge on any atom is 0.407 e. The molecule has 1 aliphatic carbocycles. The van der Waals surface area contributed by atoms with Gasteiger partial charge in [-0.25, -0.2) is 27.9 Å². The van der Waals surface area contributed by atoms with Gasteiger partial charge in [0.05, 0.1) is 10.6 Å². The van der Waals surface area contributed by atoms with Crippen LogP contribution in [0.2, 0.25) is 0 Å². The first-order valence-corrected chi connectivity index (χ1v) is 13.2. The molecule has 1 saturated heterocycles. The van der Waals surface area contributed by atoms with Crippen LogP contribution < -0.4 is 4.72 Å². The molecule has 2 aliphatic rings. The van der Waals surface area contributed by atoms with Gasteiger partial charge in [-0.1, -0.05) is 26.8 Å². The predicted molar refractivity (Wildman–Crippen MR) is 129 cm³/mol. The number of nitrogens with zero attached hydrogens (tertiary/aromatic N) is 3. The standard InChI is InChI=1S/C24H31N5O4S/c1-23(2,3)18-11-14(7-10-29(18)22(30)31)20-19-16-6-5-15(34(32,33)28-24(4)8-9-24)12-17(16)27-21(19)26-13-25-20/h5-6,12-14,18,28H,7-11H2,1-4H3,(H,30,31)(H,25,26,27). The summed E-state index contributed by atoms with van der Waals surface area (Å²) in [5.74, 6) is 0.0733. The fourth-order valence-electron chi connectivity index (χ4n) is 5.15. The van der Waals surface area contributed by atoms with Crippen molar-refractivity contribution in [2.45, 2.75) is 75.8 Å². The highest BCUT2D eigenvalue weighted by Crippen LogP contribution is 2.42. The Hall–Kier alpha value is -2.72. The smallest absolute Gasteiger partial charge is 0.407 e. The van der Waals surface area contributed by atoms with Gasteiger partial charge >= 0.3 is 6.09 Å². The van der Waals surface area contributed by atoms with Gasteiger partial charge in [-0.3, -0.25) is 0 Å². The van der Waals surface area contributed by atoms with Crippen LogP contribution in [0.4, 0.5) is 4.79 Å². The summed E-state index contributed by atoms with van der Waals surface area (Å²) in [7, 11) is -3.62. The van der Waals surface area contributed by atoms with Crippen molar-refractivity contribution >= 4 is 38.1 Å². The summed E-state index contributed by atoms with van der Waals surface area (Å²) >= 11 is 0. The number of benzene rings is 1. The van der Waals surface area contributed by atoms with E-state index in [1.165, 1.54) is 6.33 Å². The third kappa shape index (κ3) is 4.02. The molecule has 2 fully saturated rings. The van der Waals surface area contributed by atoms with Gasteiger partial charge in [0, 0.05) is 40.3 Å². The number of carboxylic acid groups (broad SMARTS) is 1. The van der Waals surface area contributed by atoms with E-state index < -0.39 is 16.1 Å². The second-order valence-corrected chi connectivity index (χ2v) is 12.7. The average molecular weight is 486 g/mol. The van der Waals surface area contributed by atoms with Crippen molar-refractivity contribution in [1.29, 1.82) is 0 Å². The van der Waals surface area contributed by atoms with E-state index in [9.17, 15) is 18.3 Å². The zero-order chi connectivity index (χ0) is 24.5. The fourth-order valence-corrected chi connectivity index (χ4v) is 6.64. The number of likely N-dealkylation sites (tertiary alicyclic amines) is 1. The van der Waals surface area contributed by atoms with E-state index in [4.69, 9.17) is 0 Å². The second-order valence-electron chi connectivity index (χ2n) is 11.1. The molecule has 0 bridgehead atoms. The Labute approximate surface area is 199 Å². The molecule has 2 atom stereocenters. The third-order valence-electron chi connectivity index (χ3n) is 7.32. The Morgan fingerprint density at radius 1 is 1.26 bits per heavy atom. The Morgan fingerprint density at radius 3 is 2.65 bits per heavy atom. The van der Waals surface area contributed by atoms with E-state index >= 15 is 0 Å². The molecule has 3 heterocycles. The Bertz CT molecular complexity index is 1390. The average Bonchev–Trinajstić information content (AvgIpc) is 3.35. The van der Waals surface area contributed by atoms with Crippen molar-refractivity contribution < 1.29 is 18.3 Å². The highest BCUT2D eigenvalue weighted by molar-refractivity contribution is 7.89. The van der Waals surface area contributed by atoms with Crippen LogP contribution in [-0.2, 0) is 10.0 Å². The SMILES string of the molecule is CC1(NS(=O)(=O)c2ccc3c(c2)[nH]c2ncnc(C4CCN(C(=O)O)C(C(C)(C)C)C4)c23)CC1. The number of aromatic nitrogens is 3. The molecule has 0 spiro atoms. The summed E-state index contributed by atoms with van der Waals surface area (Å²) < 4.78 is 28.5. The number of amides is 1. The number of hydrogen-bond donors (Lipinski definition) is 3. The lowest BCUT2D eigenvalue weighted by Crippen LogP contribution is -2.51. The predicted octanol–water partition coefficient (Wildman–Crippen LogP) is 4.21. The number of rotatable bonds is 4. The van der Waals surface area contributed by atoms with Gasteiger partial charge < -0.3 is 15.0 Å². The number of aromatic amines is 1. The summed E-state index contributed by atoms with van der Waals surface area (Å²) in [4.78, 5) is 25.9. The lowest BCUT2D eigenvalue weighted by molar-refractivity contribution is 0.0523. The summed E-state index contributed by atoms with van der Waals surface area (Å²) in [5.41, 5.74) is 1.68. The summed E-state index contributed by atoms with van der Waals surface area (Å²) in [6.45, 7) is 8.55. The largest absolute Gasteiger partial charge is 0.465 e. The topological polar surface area (TPSA) is 128 Å². The van der Waals surface area contributed by atoms with Gasteiger partial charge in [0.1, 0.15) is 12.0 Å². The van der Waals surface area contributed by atoms with Crippen molar-refractivity contribution in [1.82, 2.24) is 24.6 Å². The van der Waals surface area contributed by atoms with Crippen molar-refractivity contribution in [2.24, 2.45) is 5.41 Å². The first-order valence-electron chi connectivity index (χ1n) is 11.7. The fraction of sp³-hybridized carbons (Fsp3) is 0.542. The van der Waals surface area contributed by atoms with Gasteiger partial charge in [0.2, 0.25) is 10.0 Å². The minimum atomic E-state index is -3.62. The number of sulfonamides is 1.